The maximum absolute atomic E-state index is 12.3. The summed E-state index contributed by atoms with van der Waals surface area (Å²) in [6, 6.07) is 6.47. The first-order valence-corrected chi connectivity index (χ1v) is 6.78. The van der Waals surface area contributed by atoms with E-state index in [9.17, 15) is 14.0 Å². The number of amides is 1. The van der Waals surface area contributed by atoms with Gasteiger partial charge in [0.1, 0.15) is 6.67 Å². The van der Waals surface area contributed by atoms with Gasteiger partial charge in [-0.25, -0.2) is 9.18 Å². The molecule has 0 saturated heterocycles. The van der Waals surface area contributed by atoms with Crippen molar-refractivity contribution < 1.29 is 19.1 Å². The fourth-order valence-electron chi connectivity index (χ4n) is 1.71. The Morgan fingerprint density at radius 2 is 1.90 bits per heavy atom. The minimum absolute atomic E-state index is 0.00963. The van der Waals surface area contributed by atoms with E-state index in [1.54, 1.807) is 12.2 Å². The molecule has 1 rings (SSSR count). The van der Waals surface area contributed by atoms with Crippen molar-refractivity contribution in [3.05, 3.63) is 41.5 Å². The summed E-state index contributed by atoms with van der Waals surface area (Å²) in [5, 5.41) is 10.7. The number of carbonyl (C=O) groups excluding carboxylic acids is 1. The van der Waals surface area contributed by atoms with Gasteiger partial charge < -0.3 is 10.4 Å². The largest absolute Gasteiger partial charge is 0.480 e. The monoisotopic (exact) mass is 293 g/mol. The lowest BCUT2D eigenvalue weighted by Gasteiger charge is -2.09. The van der Waals surface area contributed by atoms with Crippen LogP contribution in [0.3, 0.4) is 0 Å². The standard InChI is InChI=1S/C16H20FNO3/c1-11(2)13-8-6-12(7-9-13)4-3-5-15(19)18-14(10-17)16(20)21/h3-4,6-9,11,14H,5,10H2,1-2H3,(H,18,19)(H,20,21)/b4-3+. The van der Waals surface area contributed by atoms with E-state index in [1.807, 2.05) is 24.3 Å². The molecule has 0 spiro atoms. The molecule has 0 aromatic heterocycles. The molecule has 1 aromatic rings. The molecule has 0 heterocycles. The number of alkyl halides is 1. The van der Waals surface area contributed by atoms with Gasteiger partial charge in [-0.1, -0.05) is 50.3 Å². The highest BCUT2D eigenvalue weighted by Crippen LogP contribution is 2.15. The van der Waals surface area contributed by atoms with Crippen molar-refractivity contribution in [3.63, 3.8) is 0 Å². The van der Waals surface area contributed by atoms with Gasteiger partial charge in [-0.15, -0.1) is 0 Å². The molecule has 0 radical (unpaired) electrons. The minimum atomic E-state index is -1.48. The molecule has 114 valence electrons. The Morgan fingerprint density at radius 3 is 2.38 bits per heavy atom. The van der Waals surface area contributed by atoms with Crippen LogP contribution in [0.15, 0.2) is 30.3 Å². The molecule has 5 heteroatoms. The number of aliphatic carboxylic acids is 1. The Hall–Kier alpha value is -2.17. The van der Waals surface area contributed by atoms with Gasteiger partial charge in [0.2, 0.25) is 5.91 Å². The Labute approximate surface area is 123 Å². The van der Waals surface area contributed by atoms with Crippen LogP contribution in [0.4, 0.5) is 4.39 Å². The zero-order valence-electron chi connectivity index (χ0n) is 12.2. The lowest BCUT2D eigenvalue weighted by Crippen LogP contribution is -2.42. The van der Waals surface area contributed by atoms with E-state index in [0.717, 1.165) is 5.56 Å². The van der Waals surface area contributed by atoms with E-state index in [1.165, 1.54) is 5.56 Å². The number of hydrogen-bond donors (Lipinski definition) is 2. The molecule has 2 N–H and O–H groups in total. The van der Waals surface area contributed by atoms with E-state index in [0.29, 0.717) is 5.92 Å². The molecule has 1 unspecified atom stereocenters. The first-order chi connectivity index (χ1) is 9.93. The smallest absolute Gasteiger partial charge is 0.328 e. The highest BCUT2D eigenvalue weighted by molar-refractivity contribution is 5.84. The molecule has 1 amide bonds. The van der Waals surface area contributed by atoms with Crippen molar-refractivity contribution >= 4 is 18.0 Å². The predicted octanol–water partition coefficient (Wildman–Crippen LogP) is 2.75. The van der Waals surface area contributed by atoms with Gasteiger partial charge in [0.05, 0.1) is 0 Å². The molecule has 4 nitrogen and oxygen atoms in total. The third-order valence-electron chi connectivity index (χ3n) is 3.00. The zero-order chi connectivity index (χ0) is 15.8. The number of carboxylic acids is 1. The van der Waals surface area contributed by atoms with Gasteiger partial charge in [-0.05, 0) is 17.0 Å². The summed E-state index contributed by atoms with van der Waals surface area (Å²) in [6.45, 7) is 3.10. The Morgan fingerprint density at radius 1 is 1.29 bits per heavy atom. The molecule has 21 heavy (non-hydrogen) atoms. The Kier molecular flexibility index (Phi) is 6.59. The quantitative estimate of drug-likeness (QED) is 0.812. The lowest BCUT2D eigenvalue weighted by atomic mass is 10.0. The van der Waals surface area contributed by atoms with Crippen molar-refractivity contribution in [2.75, 3.05) is 6.67 Å². The summed E-state index contributed by atoms with van der Waals surface area (Å²) in [5.41, 5.74) is 2.18. The van der Waals surface area contributed by atoms with Crippen molar-refractivity contribution in [3.8, 4) is 0 Å². The average molecular weight is 293 g/mol. The first-order valence-electron chi connectivity index (χ1n) is 6.78. The molecule has 1 atom stereocenters. The third kappa shape index (κ3) is 5.77. The Balaban J connectivity index is 2.50. The molecule has 0 saturated carbocycles. The van der Waals surface area contributed by atoms with Crippen LogP contribution in [0.1, 0.15) is 37.3 Å². The summed E-state index contributed by atoms with van der Waals surface area (Å²) in [7, 11) is 0. The molecule has 0 bridgehead atoms. The molecule has 0 aliphatic carbocycles. The van der Waals surface area contributed by atoms with E-state index < -0.39 is 24.6 Å². The van der Waals surface area contributed by atoms with Gasteiger partial charge in [0.15, 0.2) is 6.04 Å². The summed E-state index contributed by atoms with van der Waals surface area (Å²) < 4.78 is 12.3. The number of nitrogens with one attached hydrogen (secondary N) is 1. The lowest BCUT2D eigenvalue weighted by molar-refractivity contribution is -0.142. The molecule has 1 aromatic carbocycles. The van der Waals surface area contributed by atoms with Gasteiger partial charge in [0, 0.05) is 6.42 Å². The van der Waals surface area contributed by atoms with E-state index in [4.69, 9.17) is 5.11 Å². The number of rotatable bonds is 7. The van der Waals surface area contributed by atoms with Crippen molar-refractivity contribution in [1.29, 1.82) is 0 Å². The maximum atomic E-state index is 12.3. The van der Waals surface area contributed by atoms with Crippen LogP contribution >= 0.6 is 0 Å². The van der Waals surface area contributed by atoms with Gasteiger partial charge in [-0.2, -0.15) is 0 Å². The predicted molar refractivity (Wildman–Crippen MR) is 79.7 cm³/mol. The maximum Gasteiger partial charge on any atom is 0.328 e. The number of hydrogen-bond acceptors (Lipinski definition) is 2. The second-order valence-corrected chi connectivity index (χ2v) is 5.04. The highest BCUT2D eigenvalue weighted by Gasteiger charge is 2.18. The molecular formula is C16H20FNO3. The van der Waals surface area contributed by atoms with Crippen molar-refractivity contribution in [1.82, 2.24) is 5.32 Å². The van der Waals surface area contributed by atoms with Crippen LogP contribution in [0.25, 0.3) is 6.08 Å². The van der Waals surface area contributed by atoms with Crippen LogP contribution in [-0.2, 0) is 9.59 Å². The SMILES string of the molecule is CC(C)c1ccc(/C=C/CC(=O)NC(CF)C(=O)O)cc1. The summed E-state index contributed by atoms with van der Waals surface area (Å²) in [6.07, 6.45) is 3.40. The normalized spacial score (nSPS) is 12.6. The number of carbonyl (C=O) groups is 2. The summed E-state index contributed by atoms with van der Waals surface area (Å²) >= 11 is 0. The second kappa shape index (κ2) is 8.19. The summed E-state index contributed by atoms with van der Waals surface area (Å²) in [4.78, 5) is 22.0. The van der Waals surface area contributed by atoms with Crippen LogP contribution in [-0.4, -0.2) is 29.7 Å². The van der Waals surface area contributed by atoms with Crippen LogP contribution in [0.5, 0.6) is 0 Å². The fourth-order valence-corrected chi connectivity index (χ4v) is 1.71. The van der Waals surface area contributed by atoms with Crippen molar-refractivity contribution in [2.24, 2.45) is 0 Å². The number of benzene rings is 1. The number of halogens is 1. The van der Waals surface area contributed by atoms with Gasteiger partial charge in [0.25, 0.3) is 0 Å². The molecule has 0 fully saturated rings. The average Bonchev–Trinajstić information content (AvgIpc) is 2.45. The van der Waals surface area contributed by atoms with E-state index >= 15 is 0 Å². The highest BCUT2D eigenvalue weighted by atomic mass is 19.1. The zero-order valence-corrected chi connectivity index (χ0v) is 12.2. The summed E-state index contributed by atoms with van der Waals surface area (Å²) in [5.74, 6) is -1.43. The fraction of sp³-hybridized carbons (Fsp3) is 0.375. The number of carboxylic acid groups (broad SMARTS) is 1. The van der Waals surface area contributed by atoms with Crippen LogP contribution in [0, 0.1) is 0 Å². The van der Waals surface area contributed by atoms with Gasteiger partial charge >= 0.3 is 5.97 Å². The molecule has 0 aliphatic rings. The Bertz CT molecular complexity index is 509. The van der Waals surface area contributed by atoms with Crippen LogP contribution in [0.2, 0.25) is 0 Å². The first kappa shape index (κ1) is 16.9. The topological polar surface area (TPSA) is 66.4 Å². The minimum Gasteiger partial charge on any atom is -0.480 e. The molecule has 0 aliphatic heterocycles. The second-order valence-electron chi connectivity index (χ2n) is 5.04. The van der Waals surface area contributed by atoms with E-state index in [-0.39, 0.29) is 6.42 Å². The van der Waals surface area contributed by atoms with E-state index in [2.05, 4.69) is 19.2 Å². The van der Waals surface area contributed by atoms with Crippen molar-refractivity contribution in [2.45, 2.75) is 32.2 Å². The molecular weight excluding hydrogens is 273 g/mol. The van der Waals surface area contributed by atoms with Gasteiger partial charge in [-0.3, -0.25) is 4.79 Å². The van der Waals surface area contributed by atoms with Crippen LogP contribution < -0.4 is 5.32 Å². The third-order valence-corrected chi connectivity index (χ3v) is 3.00.